The number of carbonyl (C=O) groups excluding carboxylic acids is 2. The molecular weight excluding hydrogens is 518 g/mol. The monoisotopic (exact) mass is 551 g/mol. The standard InChI is InChI=1S/C25H34BrN3O4S/c1-18(2)27-25(31)20(4)28(17-21-10-12-22(26)13-11-21)24(30)7-6-16-29(34(5,32)33)23-14-8-19(3)9-15-23/h8-15,18,20H,6-7,16-17H2,1-5H3,(H,27,31). The van der Waals surface area contributed by atoms with Gasteiger partial charge in [-0.1, -0.05) is 45.8 Å². The summed E-state index contributed by atoms with van der Waals surface area (Å²) in [6.45, 7) is 7.85. The van der Waals surface area contributed by atoms with E-state index in [-0.39, 0.29) is 37.4 Å². The number of nitrogens with one attached hydrogen (secondary N) is 1. The van der Waals surface area contributed by atoms with Crippen LogP contribution in [0, 0.1) is 6.92 Å². The van der Waals surface area contributed by atoms with Gasteiger partial charge in [-0.25, -0.2) is 8.42 Å². The number of anilines is 1. The van der Waals surface area contributed by atoms with Crippen LogP contribution in [0.3, 0.4) is 0 Å². The third kappa shape index (κ3) is 8.43. The fraction of sp³-hybridized carbons (Fsp3) is 0.440. The number of hydrogen-bond donors (Lipinski definition) is 1. The smallest absolute Gasteiger partial charge is 0.242 e. The van der Waals surface area contributed by atoms with Crippen molar-refractivity contribution in [2.75, 3.05) is 17.1 Å². The molecule has 34 heavy (non-hydrogen) atoms. The van der Waals surface area contributed by atoms with Crippen LogP contribution in [0.15, 0.2) is 53.0 Å². The lowest BCUT2D eigenvalue weighted by molar-refractivity contribution is -0.140. The van der Waals surface area contributed by atoms with Gasteiger partial charge in [-0.05, 0) is 63.9 Å². The van der Waals surface area contributed by atoms with E-state index in [9.17, 15) is 18.0 Å². The van der Waals surface area contributed by atoms with Crippen molar-refractivity contribution in [3.05, 3.63) is 64.1 Å². The quantitative estimate of drug-likeness (QED) is 0.452. The van der Waals surface area contributed by atoms with Crippen molar-refractivity contribution >= 4 is 43.5 Å². The molecule has 7 nitrogen and oxygen atoms in total. The maximum atomic E-state index is 13.2. The summed E-state index contributed by atoms with van der Waals surface area (Å²) in [5.74, 6) is -0.426. The summed E-state index contributed by atoms with van der Waals surface area (Å²) in [5.41, 5.74) is 2.50. The van der Waals surface area contributed by atoms with Gasteiger partial charge in [0, 0.05) is 30.0 Å². The Morgan fingerprint density at radius 2 is 1.59 bits per heavy atom. The van der Waals surface area contributed by atoms with Gasteiger partial charge in [-0.15, -0.1) is 0 Å². The minimum Gasteiger partial charge on any atom is -0.352 e. The van der Waals surface area contributed by atoms with Crippen molar-refractivity contribution in [3.8, 4) is 0 Å². The summed E-state index contributed by atoms with van der Waals surface area (Å²) in [6.07, 6.45) is 1.61. The minimum absolute atomic E-state index is 0.0441. The number of hydrogen-bond acceptors (Lipinski definition) is 4. The highest BCUT2D eigenvalue weighted by Gasteiger charge is 2.27. The first kappa shape index (κ1) is 27.9. The zero-order valence-corrected chi connectivity index (χ0v) is 22.8. The van der Waals surface area contributed by atoms with Gasteiger partial charge in [-0.2, -0.15) is 0 Å². The molecule has 0 aliphatic heterocycles. The van der Waals surface area contributed by atoms with Gasteiger partial charge in [0.1, 0.15) is 6.04 Å². The molecule has 0 bridgehead atoms. The third-order valence-electron chi connectivity index (χ3n) is 5.34. The van der Waals surface area contributed by atoms with E-state index in [0.29, 0.717) is 12.1 Å². The number of nitrogens with zero attached hydrogens (tertiary/aromatic N) is 2. The van der Waals surface area contributed by atoms with Gasteiger partial charge in [-0.3, -0.25) is 13.9 Å². The third-order valence-corrected chi connectivity index (χ3v) is 7.06. The SMILES string of the molecule is Cc1ccc(N(CCCC(=O)N(Cc2ccc(Br)cc2)C(C)C(=O)NC(C)C)S(C)(=O)=O)cc1. The van der Waals surface area contributed by atoms with Crippen molar-refractivity contribution in [1.29, 1.82) is 0 Å². The molecule has 9 heteroatoms. The normalized spacial score (nSPS) is 12.3. The lowest BCUT2D eigenvalue weighted by Gasteiger charge is -2.30. The number of benzene rings is 2. The molecule has 0 spiro atoms. The van der Waals surface area contributed by atoms with Crippen molar-refractivity contribution in [2.45, 2.75) is 59.2 Å². The van der Waals surface area contributed by atoms with E-state index in [1.165, 1.54) is 4.31 Å². The first-order valence-electron chi connectivity index (χ1n) is 11.3. The molecule has 0 aromatic heterocycles. The first-order valence-corrected chi connectivity index (χ1v) is 13.9. The van der Waals surface area contributed by atoms with Gasteiger partial charge in [0.25, 0.3) is 0 Å². The second-order valence-corrected chi connectivity index (χ2v) is 11.6. The molecule has 0 aliphatic carbocycles. The molecule has 2 amide bonds. The Morgan fingerprint density at radius 3 is 2.12 bits per heavy atom. The van der Waals surface area contributed by atoms with E-state index in [1.807, 2.05) is 57.2 Å². The molecule has 1 atom stereocenters. The lowest BCUT2D eigenvalue weighted by Crippen LogP contribution is -2.49. The predicted octanol–water partition coefficient (Wildman–Crippen LogP) is 4.25. The largest absolute Gasteiger partial charge is 0.352 e. The summed E-state index contributed by atoms with van der Waals surface area (Å²) < 4.78 is 27.0. The van der Waals surface area contributed by atoms with Gasteiger partial charge < -0.3 is 10.2 Å². The summed E-state index contributed by atoms with van der Waals surface area (Å²) in [5, 5.41) is 2.87. The molecule has 1 unspecified atom stereocenters. The lowest BCUT2D eigenvalue weighted by atomic mass is 10.1. The van der Waals surface area contributed by atoms with E-state index in [1.54, 1.807) is 24.0 Å². The Morgan fingerprint density at radius 1 is 1.00 bits per heavy atom. The van der Waals surface area contributed by atoms with E-state index in [2.05, 4.69) is 21.2 Å². The van der Waals surface area contributed by atoms with Crippen molar-refractivity contribution in [2.24, 2.45) is 0 Å². The molecule has 0 saturated heterocycles. The van der Waals surface area contributed by atoms with E-state index >= 15 is 0 Å². The fourth-order valence-corrected chi connectivity index (χ4v) is 4.72. The highest BCUT2D eigenvalue weighted by Crippen LogP contribution is 2.20. The second-order valence-electron chi connectivity index (χ2n) is 8.76. The molecular formula is C25H34BrN3O4S. The minimum atomic E-state index is -3.51. The van der Waals surface area contributed by atoms with Crippen molar-refractivity contribution in [1.82, 2.24) is 10.2 Å². The molecule has 2 aromatic carbocycles. The van der Waals surface area contributed by atoms with Crippen LogP contribution >= 0.6 is 15.9 Å². The van der Waals surface area contributed by atoms with Gasteiger partial charge in [0.2, 0.25) is 21.8 Å². The zero-order valence-electron chi connectivity index (χ0n) is 20.4. The second kappa shape index (κ2) is 12.4. The molecule has 2 rings (SSSR count). The Bertz CT molecular complexity index is 1070. The Labute approximate surface area is 211 Å². The maximum absolute atomic E-state index is 13.2. The average molecular weight is 553 g/mol. The van der Waals surface area contributed by atoms with Gasteiger partial charge in [0.05, 0.1) is 11.9 Å². The van der Waals surface area contributed by atoms with Crippen LogP contribution in [-0.2, 0) is 26.2 Å². The van der Waals surface area contributed by atoms with Crippen LogP contribution in [0.25, 0.3) is 0 Å². The number of amides is 2. The van der Waals surface area contributed by atoms with Crippen molar-refractivity contribution < 1.29 is 18.0 Å². The van der Waals surface area contributed by atoms with Crippen LogP contribution in [0.2, 0.25) is 0 Å². The molecule has 186 valence electrons. The van der Waals surface area contributed by atoms with E-state index in [4.69, 9.17) is 0 Å². The summed E-state index contributed by atoms with van der Waals surface area (Å²) in [6, 6.07) is 14.1. The number of carbonyl (C=O) groups is 2. The predicted molar refractivity (Wildman–Crippen MR) is 140 cm³/mol. The number of halogens is 1. The molecule has 2 aromatic rings. The Balaban J connectivity index is 2.15. The number of rotatable bonds is 11. The molecule has 0 aliphatic rings. The Kier molecular flexibility index (Phi) is 10.1. The molecule has 0 saturated carbocycles. The first-order chi connectivity index (χ1) is 15.9. The zero-order chi connectivity index (χ0) is 25.5. The van der Waals surface area contributed by atoms with Crippen LogP contribution < -0.4 is 9.62 Å². The van der Waals surface area contributed by atoms with E-state index in [0.717, 1.165) is 21.9 Å². The van der Waals surface area contributed by atoms with Crippen LogP contribution in [0.5, 0.6) is 0 Å². The summed E-state index contributed by atoms with van der Waals surface area (Å²) in [4.78, 5) is 27.5. The number of aryl methyl sites for hydroxylation is 1. The number of sulfonamides is 1. The molecule has 0 fully saturated rings. The van der Waals surface area contributed by atoms with Crippen LogP contribution in [-0.4, -0.2) is 50.0 Å². The topological polar surface area (TPSA) is 86.8 Å². The van der Waals surface area contributed by atoms with E-state index < -0.39 is 16.1 Å². The molecule has 0 heterocycles. The summed E-state index contributed by atoms with van der Waals surface area (Å²) in [7, 11) is -3.51. The van der Waals surface area contributed by atoms with Crippen LogP contribution in [0.1, 0.15) is 44.7 Å². The summed E-state index contributed by atoms with van der Waals surface area (Å²) >= 11 is 3.41. The highest BCUT2D eigenvalue weighted by molar-refractivity contribution is 9.10. The maximum Gasteiger partial charge on any atom is 0.242 e. The Hall–Kier alpha value is -2.39. The van der Waals surface area contributed by atoms with Crippen LogP contribution in [0.4, 0.5) is 5.69 Å². The van der Waals surface area contributed by atoms with Crippen molar-refractivity contribution in [3.63, 3.8) is 0 Å². The fourth-order valence-electron chi connectivity index (χ4n) is 3.49. The van der Waals surface area contributed by atoms with Gasteiger partial charge >= 0.3 is 0 Å². The average Bonchev–Trinajstić information content (AvgIpc) is 2.75. The van der Waals surface area contributed by atoms with Gasteiger partial charge in [0.15, 0.2) is 0 Å². The molecule has 1 N–H and O–H groups in total. The molecule has 0 radical (unpaired) electrons. The highest BCUT2D eigenvalue weighted by atomic mass is 79.9.